The third-order valence-corrected chi connectivity index (χ3v) is 5.02. The molecule has 0 amide bonds. The number of sulfonamides is 1. The number of nitrogens with one attached hydrogen (secondary N) is 1. The second kappa shape index (κ2) is 6.62. The Morgan fingerprint density at radius 2 is 1.84 bits per heavy atom. The van der Waals surface area contributed by atoms with Gasteiger partial charge in [-0.2, -0.15) is 0 Å². The molecule has 6 nitrogen and oxygen atoms in total. The fraction of sp³-hybridized carbons (Fsp3) is 0.818. The lowest BCUT2D eigenvalue weighted by molar-refractivity contribution is -0.137. The predicted molar refractivity (Wildman–Crippen MR) is 76.2 cm³/mol. The Hall–Kier alpha value is -0.730. The highest BCUT2D eigenvalue weighted by molar-refractivity contribution is 7.90. The summed E-state index contributed by atoms with van der Waals surface area (Å²) in [6.45, 7) is 0. The normalized spacial score (nSPS) is 19.4. The van der Waals surface area contributed by atoms with Crippen molar-refractivity contribution in [3.63, 3.8) is 0 Å². The summed E-state index contributed by atoms with van der Waals surface area (Å²) in [7, 11) is -2.66. The average Bonchev–Trinajstić information content (AvgIpc) is 2.54. The first-order chi connectivity index (χ1) is 8.81. The summed E-state index contributed by atoms with van der Waals surface area (Å²) in [5.41, 5.74) is 4.83. The molecule has 0 spiro atoms. The van der Waals surface area contributed by atoms with E-state index in [0.717, 1.165) is 32.8 Å². The van der Waals surface area contributed by atoms with Crippen molar-refractivity contribution in [2.75, 3.05) is 12.9 Å². The van der Waals surface area contributed by atoms with Crippen LogP contribution in [0.4, 0.5) is 0 Å². The molecule has 1 rings (SSSR count). The van der Waals surface area contributed by atoms with Crippen molar-refractivity contribution in [1.29, 1.82) is 0 Å². The fourth-order valence-electron chi connectivity index (χ4n) is 2.28. The van der Waals surface area contributed by atoms with Crippen LogP contribution in [0.3, 0.4) is 0 Å². The number of carbonyl (C=O) groups excluding carboxylic acids is 1. The third kappa shape index (κ3) is 4.70. The number of rotatable bonds is 5. The first-order valence-corrected chi connectivity index (χ1v) is 8.26. The van der Waals surface area contributed by atoms with E-state index in [-0.39, 0.29) is 4.99 Å². The maximum Gasteiger partial charge on any atom is 0.322 e. The average molecular weight is 308 g/mol. The molecule has 19 heavy (non-hydrogen) atoms. The SMILES string of the molecule is COC(=O)CS(=O)(=O)NC1(C(N)=S)CCCCCC1. The van der Waals surface area contributed by atoms with Crippen LogP contribution >= 0.6 is 12.2 Å². The molecule has 0 aromatic rings. The van der Waals surface area contributed by atoms with Crippen LogP contribution in [0, 0.1) is 0 Å². The minimum Gasteiger partial charge on any atom is -0.468 e. The van der Waals surface area contributed by atoms with Crippen LogP contribution in [0.15, 0.2) is 0 Å². The molecular formula is C11H20N2O4S2. The molecule has 0 unspecified atom stereocenters. The quantitative estimate of drug-likeness (QED) is 0.435. The number of hydrogen-bond acceptors (Lipinski definition) is 5. The van der Waals surface area contributed by atoms with Crippen molar-refractivity contribution in [2.45, 2.75) is 44.1 Å². The van der Waals surface area contributed by atoms with E-state index >= 15 is 0 Å². The molecule has 0 saturated heterocycles. The molecule has 1 aliphatic rings. The molecule has 1 saturated carbocycles. The number of hydrogen-bond donors (Lipinski definition) is 2. The Morgan fingerprint density at radius 3 is 2.26 bits per heavy atom. The smallest absolute Gasteiger partial charge is 0.322 e. The van der Waals surface area contributed by atoms with E-state index < -0.39 is 27.3 Å². The summed E-state index contributed by atoms with van der Waals surface area (Å²) in [6.07, 6.45) is 4.92. The molecule has 0 aromatic heterocycles. The van der Waals surface area contributed by atoms with Crippen LogP contribution in [0.25, 0.3) is 0 Å². The lowest BCUT2D eigenvalue weighted by Gasteiger charge is -2.32. The number of thiocarbonyl (C=S) groups is 1. The predicted octanol–water partition coefficient (Wildman–Crippen LogP) is 0.458. The van der Waals surface area contributed by atoms with Crippen molar-refractivity contribution >= 4 is 33.2 Å². The number of carbonyl (C=O) groups is 1. The molecule has 0 bridgehead atoms. The molecule has 0 aromatic carbocycles. The lowest BCUT2D eigenvalue weighted by Crippen LogP contribution is -2.57. The molecule has 0 radical (unpaired) electrons. The zero-order valence-electron chi connectivity index (χ0n) is 11.0. The van der Waals surface area contributed by atoms with Crippen molar-refractivity contribution in [3.8, 4) is 0 Å². The number of esters is 1. The van der Waals surface area contributed by atoms with E-state index in [4.69, 9.17) is 18.0 Å². The van der Waals surface area contributed by atoms with Crippen LogP contribution in [0.2, 0.25) is 0 Å². The van der Waals surface area contributed by atoms with Crippen molar-refractivity contribution in [3.05, 3.63) is 0 Å². The van der Waals surface area contributed by atoms with Gasteiger partial charge in [0.05, 0.1) is 17.6 Å². The highest BCUT2D eigenvalue weighted by atomic mass is 32.2. The van der Waals surface area contributed by atoms with Gasteiger partial charge in [0, 0.05) is 0 Å². The standard InChI is InChI=1S/C11H20N2O4S2/c1-17-9(14)8-19(15,16)13-11(10(12)18)6-4-2-3-5-7-11/h13H,2-8H2,1H3,(H2,12,18). The lowest BCUT2D eigenvalue weighted by atomic mass is 9.91. The Morgan fingerprint density at radius 1 is 1.32 bits per heavy atom. The van der Waals surface area contributed by atoms with Gasteiger partial charge in [-0.05, 0) is 12.8 Å². The number of methoxy groups -OCH3 is 1. The van der Waals surface area contributed by atoms with Gasteiger partial charge in [-0.3, -0.25) is 4.79 Å². The van der Waals surface area contributed by atoms with Gasteiger partial charge in [0.15, 0.2) is 5.75 Å². The Kier molecular flexibility index (Phi) is 5.69. The van der Waals surface area contributed by atoms with E-state index in [0.29, 0.717) is 12.8 Å². The van der Waals surface area contributed by atoms with E-state index in [1.165, 1.54) is 0 Å². The molecule has 3 N–H and O–H groups in total. The van der Waals surface area contributed by atoms with Crippen LogP contribution in [-0.2, 0) is 19.6 Å². The highest BCUT2D eigenvalue weighted by Gasteiger charge is 2.38. The van der Waals surface area contributed by atoms with Crippen LogP contribution in [0.5, 0.6) is 0 Å². The van der Waals surface area contributed by atoms with Crippen molar-refractivity contribution in [1.82, 2.24) is 4.72 Å². The summed E-state index contributed by atoms with van der Waals surface area (Å²) in [4.78, 5) is 11.2. The zero-order chi connectivity index (χ0) is 14.5. The Balaban J connectivity index is 2.89. The van der Waals surface area contributed by atoms with Crippen LogP contribution in [-0.4, -0.2) is 37.8 Å². The van der Waals surface area contributed by atoms with Gasteiger partial charge in [0.25, 0.3) is 0 Å². The number of nitrogens with two attached hydrogens (primary N) is 1. The zero-order valence-corrected chi connectivity index (χ0v) is 12.6. The molecule has 0 heterocycles. The van der Waals surface area contributed by atoms with Gasteiger partial charge in [0.1, 0.15) is 0 Å². The highest BCUT2D eigenvalue weighted by Crippen LogP contribution is 2.28. The topological polar surface area (TPSA) is 98.5 Å². The largest absolute Gasteiger partial charge is 0.468 e. The van der Waals surface area contributed by atoms with Gasteiger partial charge in [-0.1, -0.05) is 37.9 Å². The first-order valence-electron chi connectivity index (χ1n) is 6.20. The molecule has 1 aliphatic carbocycles. The maximum absolute atomic E-state index is 12.0. The summed E-state index contributed by atoms with van der Waals surface area (Å²) in [5, 5.41) is 0. The van der Waals surface area contributed by atoms with E-state index in [9.17, 15) is 13.2 Å². The molecule has 8 heteroatoms. The van der Waals surface area contributed by atoms with Gasteiger partial charge < -0.3 is 10.5 Å². The van der Waals surface area contributed by atoms with Gasteiger partial charge in [-0.25, -0.2) is 13.1 Å². The van der Waals surface area contributed by atoms with Gasteiger partial charge in [-0.15, -0.1) is 0 Å². The van der Waals surface area contributed by atoms with E-state index in [1.54, 1.807) is 0 Å². The fourth-order valence-corrected chi connectivity index (χ4v) is 4.01. The molecule has 1 fully saturated rings. The maximum atomic E-state index is 12.0. The van der Waals surface area contributed by atoms with E-state index in [1.807, 2.05) is 0 Å². The monoisotopic (exact) mass is 308 g/mol. The summed E-state index contributed by atoms with van der Waals surface area (Å²) in [6, 6.07) is 0. The van der Waals surface area contributed by atoms with Crippen LogP contribution < -0.4 is 10.5 Å². The third-order valence-electron chi connectivity index (χ3n) is 3.32. The van der Waals surface area contributed by atoms with Crippen LogP contribution in [0.1, 0.15) is 38.5 Å². The van der Waals surface area contributed by atoms with E-state index in [2.05, 4.69) is 9.46 Å². The number of ether oxygens (including phenoxy) is 1. The Bertz CT molecular complexity index is 440. The molecule has 0 atom stereocenters. The summed E-state index contributed by atoms with van der Waals surface area (Å²) in [5.74, 6) is -1.52. The second-order valence-corrected chi connectivity index (χ2v) is 6.96. The summed E-state index contributed by atoms with van der Waals surface area (Å²) < 4.78 is 30.8. The molecule has 110 valence electrons. The minimum absolute atomic E-state index is 0.142. The van der Waals surface area contributed by atoms with Gasteiger partial charge >= 0.3 is 5.97 Å². The molecular weight excluding hydrogens is 288 g/mol. The second-order valence-electron chi connectivity index (χ2n) is 4.80. The van der Waals surface area contributed by atoms with Crippen molar-refractivity contribution in [2.24, 2.45) is 5.73 Å². The van der Waals surface area contributed by atoms with Crippen molar-refractivity contribution < 1.29 is 17.9 Å². The Labute approximate surface area is 119 Å². The first kappa shape index (κ1) is 16.3. The summed E-state index contributed by atoms with van der Waals surface area (Å²) >= 11 is 5.03. The van der Waals surface area contributed by atoms with Gasteiger partial charge in [0.2, 0.25) is 10.0 Å². The minimum atomic E-state index is -3.80. The molecule has 0 aliphatic heterocycles.